The maximum absolute atomic E-state index is 13.0. The summed E-state index contributed by atoms with van der Waals surface area (Å²) < 4.78 is 15.8. The fraction of sp³-hybridized carbons (Fsp3) is 0.316. The van der Waals surface area contributed by atoms with E-state index in [1.807, 2.05) is 4.90 Å². The summed E-state index contributed by atoms with van der Waals surface area (Å²) in [6, 6.07) is 9.29. The van der Waals surface area contributed by atoms with Crippen LogP contribution in [-0.4, -0.2) is 51.4 Å². The Morgan fingerprint density at radius 1 is 1.14 bits per heavy atom. The highest BCUT2D eigenvalue weighted by Gasteiger charge is 2.23. The molecular formula is C19H21N3O6. The third-order valence-corrected chi connectivity index (χ3v) is 4.44. The molecule has 9 nitrogen and oxygen atoms in total. The van der Waals surface area contributed by atoms with E-state index in [2.05, 4.69) is 5.32 Å². The number of nitrogens with one attached hydrogen (secondary N) is 1. The predicted octanol–water partition coefficient (Wildman–Crippen LogP) is 2.70. The zero-order valence-corrected chi connectivity index (χ0v) is 15.6. The lowest BCUT2D eigenvalue weighted by Crippen LogP contribution is -2.37. The number of morpholine rings is 1. The minimum absolute atomic E-state index is 0.153. The average Bonchev–Trinajstić information content (AvgIpc) is 2.73. The fourth-order valence-electron chi connectivity index (χ4n) is 3.00. The third-order valence-electron chi connectivity index (χ3n) is 4.44. The van der Waals surface area contributed by atoms with Crippen molar-refractivity contribution in [3.8, 4) is 11.5 Å². The predicted molar refractivity (Wildman–Crippen MR) is 104 cm³/mol. The lowest BCUT2D eigenvalue weighted by molar-refractivity contribution is -0.384. The molecule has 2 aromatic rings. The Morgan fingerprint density at radius 3 is 2.54 bits per heavy atom. The van der Waals surface area contributed by atoms with Gasteiger partial charge >= 0.3 is 0 Å². The number of hydrogen-bond acceptors (Lipinski definition) is 7. The van der Waals surface area contributed by atoms with Gasteiger partial charge in [-0.05, 0) is 18.2 Å². The molecule has 1 N–H and O–H groups in total. The van der Waals surface area contributed by atoms with Gasteiger partial charge in [-0.2, -0.15) is 0 Å². The Labute approximate surface area is 162 Å². The Hall–Kier alpha value is -3.33. The van der Waals surface area contributed by atoms with Crippen molar-refractivity contribution in [2.24, 2.45) is 0 Å². The molecule has 0 unspecified atom stereocenters. The summed E-state index contributed by atoms with van der Waals surface area (Å²) in [6.45, 7) is 2.25. The van der Waals surface area contributed by atoms with Crippen LogP contribution in [0.5, 0.6) is 11.5 Å². The van der Waals surface area contributed by atoms with Gasteiger partial charge in [-0.15, -0.1) is 0 Å². The minimum Gasteiger partial charge on any atom is -0.497 e. The first-order valence-electron chi connectivity index (χ1n) is 8.68. The zero-order valence-electron chi connectivity index (χ0n) is 15.6. The van der Waals surface area contributed by atoms with E-state index in [0.717, 1.165) is 0 Å². The number of non-ortho nitro benzene ring substituents is 1. The molecule has 0 radical (unpaired) electrons. The summed E-state index contributed by atoms with van der Waals surface area (Å²) in [7, 11) is 3.01. The number of nitro benzene ring substituents is 1. The van der Waals surface area contributed by atoms with Crippen LogP contribution < -0.4 is 19.7 Å². The molecule has 1 fully saturated rings. The van der Waals surface area contributed by atoms with Gasteiger partial charge in [-0.1, -0.05) is 0 Å². The number of nitrogens with zero attached hydrogens (tertiary/aromatic N) is 2. The molecule has 0 saturated carbocycles. The molecule has 1 heterocycles. The van der Waals surface area contributed by atoms with E-state index in [-0.39, 0.29) is 11.3 Å². The number of benzene rings is 2. The van der Waals surface area contributed by atoms with Gasteiger partial charge in [0, 0.05) is 31.3 Å². The summed E-state index contributed by atoms with van der Waals surface area (Å²) >= 11 is 0. The summed E-state index contributed by atoms with van der Waals surface area (Å²) in [6.07, 6.45) is 0. The van der Waals surface area contributed by atoms with Crippen molar-refractivity contribution in [1.29, 1.82) is 0 Å². The van der Waals surface area contributed by atoms with Crippen LogP contribution >= 0.6 is 0 Å². The van der Waals surface area contributed by atoms with Crippen molar-refractivity contribution in [3.05, 3.63) is 52.1 Å². The first kappa shape index (κ1) is 19.4. The number of hydrogen-bond donors (Lipinski definition) is 1. The number of carbonyl (C=O) groups excluding carboxylic acids is 1. The number of ether oxygens (including phenoxy) is 3. The van der Waals surface area contributed by atoms with Crippen molar-refractivity contribution in [2.45, 2.75) is 0 Å². The summed E-state index contributed by atoms with van der Waals surface area (Å²) in [5.41, 5.74) is 1.08. The van der Waals surface area contributed by atoms with E-state index in [1.54, 1.807) is 24.3 Å². The second kappa shape index (κ2) is 8.57. The highest BCUT2D eigenvalue weighted by Crippen LogP contribution is 2.31. The van der Waals surface area contributed by atoms with E-state index in [9.17, 15) is 14.9 Å². The van der Waals surface area contributed by atoms with E-state index >= 15 is 0 Å². The highest BCUT2D eigenvalue weighted by atomic mass is 16.6. The minimum atomic E-state index is -0.522. The molecule has 1 aliphatic heterocycles. The molecule has 1 amide bonds. The van der Waals surface area contributed by atoms with Crippen LogP contribution in [0, 0.1) is 10.1 Å². The Bertz CT molecular complexity index is 880. The van der Waals surface area contributed by atoms with Crippen molar-refractivity contribution >= 4 is 23.0 Å². The largest absolute Gasteiger partial charge is 0.497 e. The Balaban J connectivity index is 1.97. The Morgan fingerprint density at radius 2 is 1.89 bits per heavy atom. The number of rotatable bonds is 6. The smallest absolute Gasteiger partial charge is 0.270 e. The molecule has 0 spiro atoms. The number of nitro groups is 1. The lowest BCUT2D eigenvalue weighted by atomic mass is 10.1. The molecule has 0 aromatic heterocycles. The Kier molecular flexibility index (Phi) is 5.95. The highest BCUT2D eigenvalue weighted by molar-refractivity contribution is 6.09. The van der Waals surface area contributed by atoms with Gasteiger partial charge in [-0.25, -0.2) is 0 Å². The van der Waals surface area contributed by atoms with Crippen LogP contribution in [0.4, 0.5) is 17.1 Å². The van der Waals surface area contributed by atoms with Crippen molar-refractivity contribution in [1.82, 2.24) is 0 Å². The van der Waals surface area contributed by atoms with Crippen LogP contribution in [0.25, 0.3) is 0 Å². The van der Waals surface area contributed by atoms with Gasteiger partial charge < -0.3 is 24.4 Å². The molecule has 9 heteroatoms. The van der Waals surface area contributed by atoms with E-state index in [1.165, 1.54) is 26.4 Å². The van der Waals surface area contributed by atoms with Crippen LogP contribution in [-0.2, 0) is 4.74 Å². The molecule has 1 saturated heterocycles. The zero-order chi connectivity index (χ0) is 20.1. The second-order valence-corrected chi connectivity index (χ2v) is 6.08. The number of amides is 1. The standard InChI is InChI=1S/C19H21N3O6/c1-26-14-4-6-18(27-2)16(12-14)20-19(23)15-11-13(22(24)25)3-5-17(15)21-7-9-28-10-8-21/h3-6,11-12H,7-10H2,1-2H3,(H,20,23). The molecule has 28 heavy (non-hydrogen) atoms. The van der Waals surface area contributed by atoms with Crippen LogP contribution in [0.2, 0.25) is 0 Å². The van der Waals surface area contributed by atoms with Gasteiger partial charge in [0.15, 0.2) is 0 Å². The topological polar surface area (TPSA) is 103 Å². The van der Waals surface area contributed by atoms with Crippen molar-refractivity contribution in [3.63, 3.8) is 0 Å². The monoisotopic (exact) mass is 387 g/mol. The molecule has 2 aromatic carbocycles. The molecule has 148 valence electrons. The van der Waals surface area contributed by atoms with Crippen molar-refractivity contribution in [2.75, 3.05) is 50.7 Å². The first-order valence-corrected chi connectivity index (χ1v) is 8.68. The van der Waals surface area contributed by atoms with Gasteiger partial charge in [0.05, 0.1) is 49.3 Å². The molecule has 0 aliphatic carbocycles. The first-order chi connectivity index (χ1) is 13.5. The summed E-state index contributed by atoms with van der Waals surface area (Å²) in [4.78, 5) is 25.7. The normalized spacial score (nSPS) is 13.7. The molecule has 0 bridgehead atoms. The average molecular weight is 387 g/mol. The maximum atomic E-state index is 13.0. The molecule has 1 aliphatic rings. The third kappa shape index (κ3) is 4.15. The van der Waals surface area contributed by atoms with Crippen LogP contribution in [0.1, 0.15) is 10.4 Å². The van der Waals surface area contributed by atoms with Gasteiger partial charge in [0.1, 0.15) is 11.5 Å². The molecular weight excluding hydrogens is 366 g/mol. The SMILES string of the molecule is COc1ccc(OC)c(NC(=O)c2cc([N+](=O)[O-])ccc2N2CCOCC2)c1. The van der Waals surface area contributed by atoms with Gasteiger partial charge in [0.2, 0.25) is 0 Å². The van der Waals surface area contributed by atoms with Crippen LogP contribution in [0.3, 0.4) is 0 Å². The fourth-order valence-corrected chi connectivity index (χ4v) is 3.00. The van der Waals surface area contributed by atoms with E-state index < -0.39 is 10.8 Å². The quantitative estimate of drug-likeness (QED) is 0.600. The van der Waals surface area contributed by atoms with E-state index in [0.29, 0.717) is 49.2 Å². The van der Waals surface area contributed by atoms with Gasteiger partial charge in [-0.3, -0.25) is 14.9 Å². The van der Waals surface area contributed by atoms with Crippen LogP contribution in [0.15, 0.2) is 36.4 Å². The van der Waals surface area contributed by atoms with Crippen molar-refractivity contribution < 1.29 is 23.9 Å². The number of anilines is 2. The lowest BCUT2D eigenvalue weighted by Gasteiger charge is -2.30. The summed E-state index contributed by atoms with van der Waals surface area (Å²) in [5, 5.41) is 14.0. The number of methoxy groups -OCH3 is 2. The summed E-state index contributed by atoms with van der Waals surface area (Å²) in [5.74, 6) is 0.521. The number of carbonyl (C=O) groups is 1. The second-order valence-electron chi connectivity index (χ2n) is 6.08. The van der Waals surface area contributed by atoms with E-state index in [4.69, 9.17) is 14.2 Å². The maximum Gasteiger partial charge on any atom is 0.270 e. The molecule has 0 atom stereocenters. The van der Waals surface area contributed by atoms with Gasteiger partial charge in [0.25, 0.3) is 11.6 Å². The molecule has 3 rings (SSSR count).